The van der Waals surface area contributed by atoms with Gasteiger partial charge >= 0.3 is 0 Å². The van der Waals surface area contributed by atoms with E-state index in [1.54, 1.807) is 7.11 Å². The van der Waals surface area contributed by atoms with E-state index in [1.807, 2.05) is 47.0 Å². The van der Waals surface area contributed by atoms with Crippen LogP contribution in [0.2, 0.25) is 0 Å². The average Bonchev–Trinajstić information content (AvgIpc) is 3.14. The topological polar surface area (TPSA) is 71.9 Å². The number of H-pyrrole nitrogens is 1. The molecular formula is C23H26N4O2. The number of hydrogen-bond acceptors (Lipinski definition) is 4. The summed E-state index contributed by atoms with van der Waals surface area (Å²) in [6, 6.07) is 16.2. The van der Waals surface area contributed by atoms with Crippen molar-refractivity contribution < 1.29 is 4.74 Å². The molecule has 29 heavy (non-hydrogen) atoms. The van der Waals surface area contributed by atoms with Gasteiger partial charge in [-0.15, -0.1) is 0 Å². The van der Waals surface area contributed by atoms with Crippen molar-refractivity contribution in [1.29, 1.82) is 0 Å². The van der Waals surface area contributed by atoms with Crippen molar-refractivity contribution in [3.8, 4) is 0 Å². The van der Waals surface area contributed by atoms with Crippen molar-refractivity contribution in [2.75, 3.05) is 20.3 Å². The van der Waals surface area contributed by atoms with Gasteiger partial charge in [0, 0.05) is 38.7 Å². The second-order valence-corrected chi connectivity index (χ2v) is 7.31. The number of aromatic nitrogens is 3. The number of methoxy groups -OCH3 is 1. The zero-order chi connectivity index (χ0) is 20.2. The summed E-state index contributed by atoms with van der Waals surface area (Å²) in [7, 11) is 1.65. The Morgan fingerprint density at radius 1 is 1.17 bits per heavy atom. The molecule has 4 aromatic rings. The molecule has 0 saturated heterocycles. The summed E-state index contributed by atoms with van der Waals surface area (Å²) in [4.78, 5) is 20.9. The predicted octanol–water partition coefficient (Wildman–Crippen LogP) is 3.16. The number of ether oxygens (including phenoxy) is 1. The van der Waals surface area contributed by atoms with Gasteiger partial charge in [-0.1, -0.05) is 23.8 Å². The average molecular weight is 390 g/mol. The van der Waals surface area contributed by atoms with Gasteiger partial charge in [-0.3, -0.25) is 4.79 Å². The van der Waals surface area contributed by atoms with E-state index < -0.39 is 0 Å². The fraction of sp³-hybridized carbons (Fsp3) is 0.304. The first-order chi connectivity index (χ1) is 14.2. The Bertz CT molecular complexity index is 1160. The fourth-order valence-corrected chi connectivity index (χ4v) is 3.65. The van der Waals surface area contributed by atoms with Crippen molar-refractivity contribution >= 4 is 21.9 Å². The molecule has 2 aromatic carbocycles. The Hall–Kier alpha value is -2.96. The SMILES string of the molecule is COCCn1c(=O)c(CNCCc2nc3ccccc3[nH]2)cc2cc(C)ccc21. The monoisotopic (exact) mass is 390 g/mol. The Morgan fingerprint density at radius 3 is 2.86 bits per heavy atom. The van der Waals surface area contributed by atoms with Crippen LogP contribution in [0.4, 0.5) is 0 Å². The van der Waals surface area contributed by atoms with Crippen LogP contribution < -0.4 is 10.9 Å². The third-order valence-electron chi connectivity index (χ3n) is 5.13. The van der Waals surface area contributed by atoms with E-state index in [-0.39, 0.29) is 5.56 Å². The minimum atomic E-state index is 0.0367. The number of nitrogens with one attached hydrogen (secondary N) is 2. The maximum atomic E-state index is 13.0. The van der Waals surface area contributed by atoms with E-state index in [9.17, 15) is 4.79 Å². The van der Waals surface area contributed by atoms with Crippen molar-refractivity contribution in [3.05, 3.63) is 75.8 Å². The smallest absolute Gasteiger partial charge is 0.255 e. The second kappa shape index (κ2) is 8.59. The van der Waals surface area contributed by atoms with Crippen LogP contribution >= 0.6 is 0 Å². The summed E-state index contributed by atoms with van der Waals surface area (Å²) >= 11 is 0. The maximum Gasteiger partial charge on any atom is 0.255 e. The number of aromatic amines is 1. The molecule has 0 amide bonds. The summed E-state index contributed by atoms with van der Waals surface area (Å²) in [5.74, 6) is 0.949. The lowest BCUT2D eigenvalue weighted by Gasteiger charge is -2.13. The molecule has 0 bridgehead atoms. The highest BCUT2D eigenvalue weighted by Gasteiger charge is 2.10. The third-order valence-corrected chi connectivity index (χ3v) is 5.13. The normalized spacial score (nSPS) is 11.5. The Labute approximate surface area is 169 Å². The molecule has 0 radical (unpaired) electrons. The number of fused-ring (bicyclic) bond motifs is 2. The molecule has 0 aliphatic heterocycles. The zero-order valence-electron chi connectivity index (χ0n) is 16.9. The van der Waals surface area contributed by atoms with Gasteiger partial charge < -0.3 is 19.6 Å². The molecule has 150 valence electrons. The van der Waals surface area contributed by atoms with Crippen molar-refractivity contribution in [3.63, 3.8) is 0 Å². The van der Waals surface area contributed by atoms with Gasteiger partial charge in [-0.2, -0.15) is 0 Å². The van der Waals surface area contributed by atoms with Gasteiger partial charge in [0.1, 0.15) is 5.82 Å². The number of hydrogen-bond donors (Lipinski definition) is 2. The number of pyridine rings is 1. The molecule has 0 unspecified atom stereocenters. The Balaban J connectivity index is 1.49. The van der Waals surface area contributed by atoms with Crippen LogP contribution in [0.5, 0.6) is 0 Å². The molecule has 2 N–H and O–H groups in total. The first kappa shape index (κ1) is 19.4. The molecule has 2 aromatic heterocycles. The van der Waals surface area contributed by atoms with E-state index in [0.717, 1.165) is 46.3 Å². The van der Waals surface area contributed by atoms with E-state index in [4.69, 9.17) is 4.74 Å². The standard InChI is InChI=1S/C23H26N4O2/c1-16-7-8-21-17(13-16)14-18(23(28)27(21)11-12-29-2)15-24-10-9-22-25-19-5-3-4-6-20(19)26-22/h3-8,13-14,24H,9-12,15H2,1-2H3,(H,25,26). The minimum Gasteiger partial charge on any atom is -0.383 e. The summed E-state index contributed by atoms with van der Waals surface area (Å²) in [5, 5.41) is 4.47. The highest BCUT2D eigenvalue weighted by molar-refractivity contribution is 5.80. The molecule has 0 fully saturated rings. The van der Waals surface area contributed by atoms with Crippen LogP contribution in [0.3, 0.4) is 0 Å². The zero-order valence-corrected chi connectivity index (χ0v) is 16.9. The fourth-order valence-electron chi connectivity index (χ4n) is 3.65. The molecule has 0 saturated carbocycles. The number of rotatable bonds is 8. The van der Waals surface area contributed by atoms with Gasteiger partial charge in [0.25, 0.3) is 5.56 Å². The van der Waals surface area contributed by atoms with Crippen LogP contribution in [0.1, 0.15) is 17.0 Å². The minimum absolute atomic E-state index is 0.0367. The Kier molecular flexibility index (Phi) is 5.74. The van der Waals surface area contributed by atoms with Gasteiger partial charge in [-0.05, 0) is 42.6 Å². The van der Waals surface area contributed by atoms with Crippen molar-refractivity contribution in [2.45, 2.75) is 26.4 Å². The predicted molar refractivity (Wildman–Crippen MR) is 116 cm³/mol. The summed E-state index contributed by atoms with van der Waals surface area (Å²) < 4.78 is 7.01. The van der Waals surface area contributed by atoms with Crippen LogP contribution in [-0.4, -0.2) is 34.8 Å². The summed E-state index contributed by atoms with van der Waals surface area (Å²) in [6.07, 6.45) is 0.777. The number of para-hydroxylation sites is 2. The maximum absolute atomic E-state index is 13.0. The molecule has 0 aliphatic carbocycles. The molecule has 0 spiro atoms. The lowest BCUT2D eigenvalue weighted by atomic mass is 10.1. The first-order valence-corrected chi connectivity index (χ1v) is 9.92. The first-order valence-electron chi connectivity index (χ1n) is 9.92. The van der Waals surface area contributed by atoms with E-state index >= 15 is 0 Å². The molecule has 4 rings (SSSR count). The van der Waals surface area contributed by atoms with Crippen LogP contribution in [-0.2, 0) is 24.2 Å². The number of imidazole rings is 1. The quantitative estimate of drug-likeness (QED) is 0.453. The van der Waals surface area contributed by atoms with Gasteiger partial charge in [0.2, 0.25) is 0 Å². The number of aryl methyl sites for hydroxylation is 1. The summed E-state index contributed by atoms with van der Waals surface area (Å²) in [5.41, 5.74) is 4.96. The van der Waals surface area contributed by atoms with Crippen LogP contribution in [0.15, 0.2) is 53.3 Å². The van der Waals surface area contributed by atoms with Crippen LogP contribution in [0, 0.1) is 6.92 Å². The largest absolute Gasteiger partial charge is 0.383 e. The Morgan fingerprint density at radius 2 is 2.03 bits per heavy atom. The third kappa shape index (κ3) is 4.23. The van der Waals surface area contributed by atoms with Crippen LogP contribution in [0.25, 0.3) is 21.9 Å². The van der Waals surface area contributed by atoms with E-state index in [1.165, 1.54) is 5.56 Å². The van der Waals surface area contributed by atoms with E-state index in [2.05, 4.69) is 28.3 Å². The molecule has 6 nitrogen and oxygen atoms in total. The number of nitrogens with zero attached hydrogens (tertiary/aromatic N) is 2. The van der Waals surface area contributed by atoms with Gasteiger partial charge in [0.15, 0.2) is 0 Å². The molecule has 0 aliphatic rings. The summed E-state index contributed by atoms with van der Waals surface area (Å²) in [6.45, 7) is 4.38. The van der Waals surface area contributed by atoms with Gasteiger partial charge in [0.05, 0.1) is 23.2 Å². The van der Waals surface area contributed by atoms with E-state index in [0.29, 0.717) is 19.7 Å². The molecule has 6 heteroatoms. The van der Waals surface area contributed by atoms with Crippen molar-refractivity contribution in [2.24, 2.45) is 0 Å². The van der Waals surface area contributed by atoms with Gasteiger partial charge in [-0.25, -0.2) is 4.98 Å². The molecule has 2 heterocycles. The molecular weight excluding hydrogens is 364 g/mol. The lowest BCUT2D eigenvalue weighted by Crippen LogP contribution is -2.29. The van der Waals surface area contributed by atoms with Crippen molar-refractivity contribution in [1.82, 2.24) is 19.9 Å². The highest BCUT2D eigenvalue weighted by Crippen LogP contribution is 2.16. The molecule has 0 atom stereocenters. The highest BCUT2D eigenvalue weighted by atomic mass is 16.5. The number of benzene rings is 2. The lowest BCUT2D eigenvalue weighted by molar-refractivity contribution is 0.187. The second-order valence-electron chi connectivity index (χ2n) is 7.31.